The first-order valence-corrected chi connectivity index (χ1v) is 5.88. The summed E-state index contributed by atoms with van der Waals surface area (Å²) in [6.45, 7) is 3.05. The number of ether oxygens (including phenoxy) is 1. The van der Waals surface area contributed by atoms with Gasteiger partial charge in [0.05, 0.1) is 6.61 Å². The Kier molecular flexibility index (Phi) is 7.93. The average Bonchev–Trinajstić information content (AvgIpc) is 2.16. The Hall–Kier alpha value is -0.260. The van der Waals surface area contributed by atoms with Crippen molar-refractivity contribution in [3.8, 4) is 0 Å². The number of thioether (sulfide) groups is 1. The first-order valence-electron chi connectivity index (χ1n) is 4.59. The molecule has 0 spiro atoms. The summed E-state index contributed by atoms with van der Waals surface area (Å²) in [5.74, 6) is -0.858. The summed E-state index contributed by atoms with van der Waals surface area (Å²) in [5.41, 5.74) is 0. The molecule has 0 radical (unpaired) electrons. The summed E-state index contributed by atoms with van der Waals surface area (Å²) in [5, 5.41) is 12.3. The molecule has 0 aromatic carbocycles. The number of carbonyl (C=O) groups is 1. The zero-order valence-corrected chi connectivity index (χ0v) is 9.76. The van der Waals surface area contributed by atoms with E-state index < -0.39 is 12.0 Å². The minimum absolute atomic E-state index is 0.211. The molecule has 0 rings (SSSR count). The number of hydrogen-bond acceptors (Lipinski definition) is 4. The predicted molar refractivity (Wildman–Crippen MR) is 58.9 cm³/mol. The molecule has 2 N–H and O–H groups in total. The molecule has 0 saturated carbocycles. The van der Waals surface area contributed by atoms with E-state index in [4.69, 9.17) is 9.84 Å². The van der Waals surface area contributed by atoms with Crippen molar-refractivity contribution in [2.75, 3.05) is 26.5 Å². The minimum Gasteiger partial charge on any atom is -0.480 e. The summed E-state index contributed by atoms with van der Waals surface area (Å²) < 4.78 is 4.80. The molecule has 14 heavy (non-hydrogen) atoms. The van der Waals surface area contributed by atoms with E-state index in [1.807, 2.05) is 0 Å². The molecule has 0 bridgehead atoms. The van der Waals surface area contributed by atoms with E-state index in [1.54, 1.807) is 11.8 Å². The van der Waals surface area contributed by atoms with E-state index in [0.717, 1.165) is 6.42 Å². The maximum Gasteiger partial charge on any atom is 0.323 e. The first-order chi connectivity index (χ1) is 6.61. The molecular formula is C9H19NO3S. The third-order valence-electron chi connectivity index (χ3n) is 1.98. The first kappa shape index (κ1) is 13.7. The number of hydrogen-bond donors (Lipinski definition) is 2. The van der Waals surface area contributed by atoms with Crippen LogP contribution in [0.5, 0.6) is 0 Å². The molecule has 0 fully saturated rings. The van der Waals surface area contributed by atoms with E-state index in [-0.39, 0.29) is 6.61 Å². The topological polar surface area (TPSA) is 58.6 Å². The fourth-order valence-corrected chi connectivity index (χ4v) is 1.32. The van der Waals surface area contributed by atoms with Gasteiger partial charge in [0.2, 0.25) is 0 Å². The van der Waals surface area contributed by atoms with E-state index in [1.165, 1.54) is 7.11 Å². The van der Waals surface area contributed by atoms with Crippen LogP contribution in [0.3, 0.4) is 0 Å². The summed E-state index contributed by atoms with van der Waals surface area (Å²) in [4.78, 5) is 10.7. The normalized spacial score (nSPS) is 15.1. The van der Waals surface area contributed by atoms with Gasteiger partial charge in [-0.1, -0.05) is 6.92 Å². The quantitative estimate of drug-likeness (QED) is 0.635. The van der Waals surface area contributed by atoms with Gasteiger partial charge in [-0.3, -0.25) is 4.79 Å². The second kappa shape index (κ2) is 8.08. The van der Waals surface area contributed by atoms with E-state index in [0.29, 0.717) is 11.8 Å². The van der Waals surface area contributed by atoms with Gasteiger partial charge in [-0.25, -0.2) is 0 Å². The van der Waals surface area contributed by atoms with Crippen LogP contribution in [-0.4, -0.2) is 48.9 Å². The lowest BCUT2D eigenvalue weighted by atomic mass is 10.3. The Labute approximate surface area is 89.4 Å². The third kappa shape index (κ3) is 6.23. The van der Waals surface area contributed by atoms with Crippen molar-refractivity contribution >= 4 is 17.7 Å². The monoisotopic (exact) mass is 221 g/mol. The molecule has 5 heteroatoms. The Morgan fingerprint density at radius 3 is 2.71 bits per heavy atom. The molecule has 0 saturated heterocycles. The van der Waals surface area contributed by atoms with E-state index in [9.17, 15) is 4.79 Å². The van der Waals surface area contributed by atoms with Gasteiger partial charge < -0.3 is 15.2 Å². The fourth-order valence-electron chi connectivity index (χ4n) is 0.963. The Morgan fingerprint density at radius 1 is 1.64 bits per heavy atom. The minimum atomic E-state index is -0.858. The zero-order chi connectivity index (χ0) is 11.0. The number of rotatable bonds is 8. The zero-order valence-electron chi connectivity index (χ0n) is 8.95. The second-order valence-electron chi connectivity index (χ2n) is 3.14. The highest BCUT2D eigenvalue weighted by Crippen LogP contribution is 2.08. The number of carboxylic acid groups (broad SMARTS) is 1. The number of carboxylic acids is 1. The van der Waals surface area contributed by atoms with Gasteiger partial charge in [0.15, 0.2) is 0 Å². The van der Waals surface area contributed by atoms with Crippen molar-refractivity contribution in [2.24, 2.45) is 0 Å². The fraction of sp³-hybridized carbons (Fsp3) is 0.889. The van der Waals surface area contributed by atoms with Gasteiger partial charge in [-0.05, 0) is 19.2 Å². The Balaban J connectivity index is 3.66. The van der Waals surface area contributed by atoms with Crippen LogP contribution in [0, 0.1) is 0 Å². The molecule has 0 aromatic rings. The van der Waals surface area contributed by atoms with Crippen molar-refractivity contribution in [2.45, 2.75) is 24.6 Å². The third-order valence-corrected chi connectivity index (χ3v) is 3.02. The molecule has 2 unspecified atom stereocenters. The lowest BCUT2D eigenvalue weighted by molar-refractivity contribution is -0.140. The van der Waals surface area contributed by atoms with Gasteiger partial charge in [0, 0.05) is 12.4 Å². The van der Waals surface area contributed by atoms with Crippen LogP contribution in [0.2, 0.25) is 0 Å². The van der Waals surface area contributed by atoms with Crippen molar-refractivity contribution in [1.82, 2.24) is 5.32 Å². The van der Waals surface area contributed by atoms with Crippen LogP contribution >= 0.6 is 11.8 Å². The summed E-state index contributed by atoms with van der Waals surface area (Å²) in [7, 11) is 1.50. The van der Waals surface area contributed by atoms with Crippen LogP contribution in [0.25, 0.3) is 0 Å². The number of nitrogens with one attached hydrogen (secondary N) is 1. The molecule has 84 valence electrons. The molecule has 0 amide bonds. The second-order valence-corrected chi connectivity index (χ2v) is 4.41. The summed E-state index contributed by atoms with van der Waals surface area (Å²) in [6.07, 6.45) is 3.02. The van der Waals surface area contributed by atoms with Gasteiger partial charge in [-0.15, -0.1) is 0 Å². The molecule has 0 aromatic heterocycles. The smallest absolute Gasteiger partial charge is 0.323 e. The molecule has 0 aliphatic carbocycles. The molecule has 4 nitrogen and oxygen atoms in total. The van der Waals surface area contributed by atoms with Gasteiger partial charge >= 0.3 is 5.97 Å². The SMILES string of the molecule is COCC(NCCC(C)SC)C(=O)O. The van der Waals surface area contributed by atoms with Crippen LogP contribution in [0.15, 0.2) is 0 Å². The van der Waals surface area contributed by atoms with Crippen molar-refractivity contribution in [3.63, 3.8) is 0 Å². The van der Waals surface area contributed by atoms with Gasteiger partial charge in [-0.2, -0.15) is 11.8 Å². The summed E-state index contributed by atoms with van der Waals surface area (Å²) >= 11 is 1.78. The number of aliphatic carboxylic acids is 1. The van der Waals surface area contributed by atoms with Crippen LogP contribution in [-0.2, 0) is 9.53 Å². The van der Waals surface area contributed by atoms with Crippen LogP contribution in [0.4, 0.5) is 0 Å². The van der Waals surface area contributed by atoms with Crippen LogP contribution in [0.1, 0.15) is 13.3 Å². The van der Waals surface area contributed by atoms with Crippen LogP contribution < -0.4 is 5.32 Å². The Bertz CT molecular complexity index is 166. The standard InChI is InChI=1S/C9H19NO3S/c1-7(14-3)4-5-10-8(6-13-2)9(11)12/h7-8,10H,4-6H2,1-3H3,(H,11,12). The lowest BCUT2D eigenvalue weighted by Crippen LogP contribution is -2.41. The Morgan fingerprint density at radius 2 is 2.29 bits per heavy atom. The molecule has 0 aliphatic rings. The van der Waals surface area contributed by atoms with Crippen molar-refractivity contribution < 1.29 is 14.6 Å². The highest BCUT2D eigenvalue weighted by atomic mass is 32.2. The summed E-state index contributed by atoms with van der Waals surface area (Å²) in [6, 6.07) is -0.589. The maximum atomic E-state index is 10.7. The van der Waals surface area contributed by atoms with Crippen molar-refractivity contribution in [1.29, 1.82) is 0 Å². The highest BCUT2D eigenvalue weighted by molar-refractivity contribution is 7.99. The highest BCUT2D eigenvalue weighted by Gasteiger charge is 2.15. The molecule has 0 heterocycles. The lowest BCUT2D eigenvalue weighted by Gasteiger charge is -2.14. The molecular weight excluding hydrogens is 202 g/mol. The predicted octanol–water partition coefficient (Wildman–Crippen LogP) is 0.817. The van der Waals surface area contributed by atoms with Gasteiger partial charge in [0.1, 0.15) is 6.04 Å². The van der Waals surface area contributed by atoms with Crippen molar-refractivity contribution in [3.05, 3.63) is 0 Å². The van der Waals surface area contributed by atoms with E-state index >= 15 is 0 Å². The molecule has 0 aliphatic heterocycles. The maximum absolute atomic E-state index is 10.7. The van der Waals surface area contributed by atoms with Gasteiger partial charge in [0.25, 0.3) is 0 Å². The largest absolute Gasteiger partial charge is 0.480 e. The van der Waals surface area contributed by atoms with E-state index in [2.05, 4.69) is 18.5 Å². The number of methoxy groups -OCH3 is 1. The molecule has 2 atom stereocenters. The average molecular weight is 221 g/mol.